The fraction of sp³-hybridized carbons (Fsp3) is 0.167. The van der Waals surface area contributed by atoms with Crippen molar-refractivity contribution < 1.29 is 27.1 Å². The Labute approximate surface area is 197 Å². The smallest absolute Gasteiger partial charge is 0.255 e. The topological polar surface area (TPSA) is 97.3 Å². The van der Waals surface area contributed by atoms with E-state index in [0.29, 0.717) is 11.3 Å². The predicted molar refractivity (Wildman–Crippen MR) is 126 cm³/mol. The van der Waals surface area contributed by atoms with Gasteiger partial charge in [-0.3, -0.25) is 4.79 Å². The van der Waals surface area contributed by atoms with Crippen LogP contribution in [-0.4, -0.2) is 45.6 Å². The third-order valence-electron chi connectivity index (χ3n) is 4.81. The molecule has 8 nitrogen and oxygen atoms in total. The van der Waals surface area contributed by atoms with Crippen molar-refractivity contribution in [2.75, 3.05) is 20.8 Å². The van der Waals surface area contributed by atoms with E-state index in [1.807, 2.05) is 0 Å². The van der Waals surface area contributed by atoms with Crippen LogP contribution in [0.25, 0.3) is 0 Å². The number of hydrogen-bond donors (Lipinski definition) is 1. The SMILES string of the molecule is COc1ccc(OC)c(S(=O)(=O)N(CC(=O)N/N=C/c2ccccc2F)Cc2ccccc2)c1. The van der Waals surface area contributed by atoms with Crippen molar-refractivity contribution in [3.63, 3.8) is 0 Å². The van der Waals surface area contributed by atoms with Gasteiger partial charge in [0.25, 0.3) is 5.91 Å². The van der Waals surface area contributed by atoms with Crippen molar-refractivity contribution in [3.8, 4) is 11.5 Å². The highest BCUT2D eigenvalue weighted by Gasteiger charge is 2.30. The molecular formula is C24H24FN3O5S. The maximum Gasteiger partial charge on any atom is 0.255 e. The second-order valence-electron chi connectivity index (χ2n) is 7.09. The first-order valence-corrected chi connectivity index (χ1v) is 11.6. The van der Waals surface area contributed by atoms with Crippen LogP contribution in [0.4, 0.5) is 4.39 Å². The summed E-state index contributed by atoms with van der Waals surface area (Å²) in [5.74, 6) is -0.775. The van der Waals surface area contributed by atoms with Gasteiger partial charge in [-0.05, 0) is 23.8 Å². The number of ether oxygens (including phenoxy) is 2. The number of hydrogen-bond acceptors (Lipinski definition) is 6. The molecule has 3 aromatic rings. The van der Waals surface area contributed by atoms with Gasteiger partial charge >= 0.3 is 0 Å². The van der Waals surface area contributed by atoms with Gasteiger partial charge < -0.3 is 9.47 Å². The second-order valence-corrected chi connectivity index (χ2v) is 9.00. The number of nitrogens with one attached hydrogen (secondary N) is 1. The molecule has 0 aliphatic heterocycles. The maximum absolute atomic E-state index is 13.7. The number of hydrazone groups is 1. The van der Waals surface area contributed by atoms with Gasteiger partial charge in [-0.2, -0.15) is 9.41 Å². The second kappa shape index (κ2) is 11.4. The lowest BCUT2D eigenvalue weighted by atomic mass is 10.2. The van der Waals surface area contributed by atoms with Crippen molar-refractivity contribution in [2.45, 2.75) is 11.4 Å². The Hall–Kier alpha value is -3.76. The molecule has 0 aliphatic carbocycles. The van der Waals surface area contributed by atoms with Crippen molar-refractivity contribution in [3.05, 3.63) is 89.7 Å². The van der Waals surface area contributed by atoms with Gasteiger partial charge in [0.05, 0.1) is 27.0 Å². The minimum Gasteiger partial charge on any atom is -0.497 e. The maximum atomic E-state index is 13.7. The van der Waals surface area contributed by atoms with Gasteiger partial charge in [0, 0.05) is 18.2 Å². The summed E-state index contributed by atoms with van der Waals surface area (Å²) in [7, 11) is -1.43. The number of amides is 1. The van der Waals surface area contributed by atoms with Crippen molar-refractivity contribution in [1.82, 2.24) is 9.73 Å². The third kappa shape index (κ3) is 6.18. The fourth-order valence-electron chi connectivity index (χ4n) is 3.09. The highest BCUT2D eigenvalue weighted by atomic mass is 32.2. The minimum atomic E-state index is -4.20. The first kappa shape index (κ1) is 24.9. The molecule has 0 heterocycles. The quantitative estimate of drug-likeness (QED) is 0.351. The van der Waals surface area contributed by atoms with Gasteiger partial charge in [-0.1, -0.05) is 48.5 Å². The third-order valence-corrected chi connectivity index (χ3v) is 6.62. The Bertz CT molecular complexity index is 1270. The van der Waals surface area contributed by atoms with Crippen LogP contribution in [0.5, 0.6) is 11.5 Å². The number of carbonyl (C=O) groups is 1. The molecular weight excluding hydrogens is 461 g/mol. The van der Waals surface area contributed by atoms with E-state index < -0.39 is 28.3 Å². The van der Waals surface area contributed by atoms with E-state index in [4.69, 9.17) is 9.47 Å². The molecule has 0 aliphatic rings. The molecule has 34 heavy (non-hydrogen) atoms. The van der Waals surface area contributed by atoms with E-state index in [-0.39, 0.29) is 22.8 Å². The molecule has 0 radical (unpaired) electrons. The Morgan fingerprint density at radius 2 is 1.74 bits per heavy atom. The molecule has 0 unspecified atom stereocenters. The summed E-state index contributed by atoms with van der Waals surface area (Å²) in [6.07, 6.45) is 1.15. The molecule has 10 heteroatoms. The fourth-order valence-corrected chi connectivity index (χ4v) is 4.64. The van der Waals surface area contributed by atoms with E-state index in [1.165, 1.54) is 44.6 Å². The number of sulfonamides is 1. The van der Waals surface area contributed by atoms with Crippen molar-refractivity contribution in [1.29, 1.82) is 0 Å². The highest BCUT2D eigenvalue weighted by Crippen LogP contribution is 2.31. The molecule has 0 fully saturated rings. The van der Waals surface area contributed by atoms with E-state index in [1.54, 1.807) is 42.5 Å². The Morgan fingerprint density at radius 1 is 1.03 bits per heavy atom. The molecule has 178 valence electrons. The molecule has 0 aromatic heterocycles. The first-order chi connectivity index (χ1) is 16.3. The van der Waals surface area contributed by atoms with Crippen molar-refractivity contribution in [2.24, 2.45) is 5.10 Å². The molecule has 1 amide bonds. The first-order valence-electron chi connectivity index (χ1n) is 10.2. The average Bonchev–Trinajstić information content (AvgIpc) is 2.85. The highest BCUT2D eigenvalue weighted by molar-refractivity contribution is 7.89. The minimum absolute atomic E-state index is 0.0754. The number of benzene rings is 3. The van der Waals surface area contributed by atoms with E-state index in [2.05, 4.69) is 10.5 Å². The lowest BCUT2D eigenvalue weighted by Crippen LogP contribution is -2.39. The summed E-state index contributed by atoms with van der Waals surface area (Å²) in [5.41, 5.74) is 3.11. The molecule has 0 spiro atoms. The summed E-state index contributed by atoms with van der Waals surface area (Å²) < 4.78 is 52.3. The van der Waals surface area contributed by atoms with Crippen molar-refractivity contribution >= 4 is 22.1 Å². The molecule has 0 bridgehead atoms. The van der Waals surface area contributed by atoms with Crippen LogP contribution < -0.4 is 14.9 Å². The number of carbonyl (C=O) groups excluding carboxylic acids is 1. The zero-order valence-corrected chi connectivity index (χ0v) is 19.5. The standard InChI is InChI=1S/C24H24FN3O5S/c1-32-20-12-13-22(33-2)23(14-20)34(30,31)28(16-18-8-4-3-5-9-18)17-24(29)27-26-15-19-10-6-7-11-21(19)25/h3-15H,16-17H2,1-2H3,(H,27,29)/b26-15+. The predicted octanol–water partition coefficient (Wildman–Crippen LogP) is 3.18. The molecule has 1 N–H and O–H groups in total. The van der Waals surface area contributed by atoms with E-state index >= 15 is 0 Å². The van der Waals surface area contributed by atoms with Gasteiger partial charge in [0.15, 0.2) is 0 Å². The summed E-state index contributed by atoms with van der Waals surface area (Å²) in [4.78, 5) is 12.4. The number of halogens is 1. The van der Waals surface area contributed by atoms with Gasteiger partial charge in [-0.15, -0.1) is 0 Å². The Morgan fingerprint density at radius 3 is 2.41 bits per heavy atom. The lowest BCUT2D eigenvalue weighted by molar-refractivity contribution is -0.121. The summed E-state index contributed by atoms with van der Waals surface area (Å²) >= 11 is 0. The molecule has 0 saturated carbocycles. The largest absolute Gasteiger partial charge is 0.497 e. The normalized spacial score (nSPS) is 11.5. The molecule has 0 saturated heterocycles. The van der Waals surface area contributed by atoms with Crippen LogP contribution in [0.2, 0.25) is 0 Å². The summed E-state index contributed by atoms with van der Waals surface area (Å²) in [6, 6.07) is 19.1. The number of nitrogens with zero attached hydrogens (tertiary/aromatic N) is 2. The average molecular weight is 486 g/mol. The molecule has 3 rings (SSSR count). The van der Waals surface area contributed by atoms with E-state index in [0.717, 1.165) is 10.5 Å². The van der Waals surface area contributed by atoms with Crippen LogP contribution >= 0.6 is 0 Å². The zero-order valence-electron chi connectivity index (χ0n) is 18.6. The van der Waals surface area contributed by atoms with Crippen LogP contribution in [-0.2, 0) is 21.4 Å². The van der Waals surface area contributed by atoms with Gasteiger partial charge in [0.2, 0.25) is 10.0 Å². The monoisotopic (exact) mass is 485 g/mol. The summed E-state index contributed by atoms with van der Waals surface area (Å²) in [5, 5.41) is 3.75. The van der Waals surface area contributed by atoms with Gasteiger partial charge in [0.1, 0.15) is 22.2 Å². The van der Waals surface area contributed by atoms with Crippen LogP contribution in [0.3, 0.4) is 0 Å². The van der Waals surface area contributed by atoms with Gasteiger partial charge in [-0.25, -0.2) is 18.2 Å². The number of rotatable bonds is 10. The Kier molecular flexibility index (Phi) is 8.34. The molecule has 3 aromatic carbocycles. The van der Waals surface area contributed by atoms with Crippen LogP contribution in [0.15, 0.2) is 82.8 Å². The van der Waals surface area contributed by atoms with Crippen LogP contribution in [0, 0.1) is 5.82 Å². The Balaban J connectivity index is 1.88. The summed E-state index contributed by atoms with van der Waals surface area (Å²) in [6.45, 7) is -0.611. The number of methoxy groups -OCH3 is 2. The van der Waals surface area contributed by atoms with Crippen LogP contribution in [0.1, 0.15) is 11.1 Å². The van der Waals surface area contributed by atoms with E-state index in [9.17, 15) is 17.6 Å². The lowest BCUT2D eigenvalue weighted by Gasteiger charge is -2.23. The zero-order chi connectivity index (χ0) is 24.6. The molecule has 0 atom stereocenters.